The quantitative estimate of drug-likeness (QED) is 0.623. The van der Waals surface area contributed by atoms with E-state index in [1.807, 2.05) is 12.3 Å². The second kappa shape index (κ2) is 3.40. The van der Waals surface area contributed by atoms with E-state index in [1.54, 1.807) is 11.9 Å². The lowest BCUT2D eigenvalue weighted by Crippen LogP contribution is -2.12. The molecule has 1 rings (SSSR count). The number of nitrogens with one attached hydrogen (secondary N) is 1. The molecule has 1 aliphatic heterocycles. The van der Waals surface area contributed by atoms with Crippen molar-refractivity contribution in [3.05, 3.63) is 35.4 Å². The van der Waals surface area contributed by atoms with Crippen LogP contribution in [0, 0.1) is 5.41 Å². The fourth-order valence-electron chi connectivity index (χ4n) is 0.871. The Morgan fingerprint density at radius 3 is 2.67 bits per heavy atom. The molecule has 1 N–H and O–H groups in total. The van der Waals surface area contributed by atoms with Crippen molar-refractivity contribution >= 4 is 11.9 Å². The van der Waals surface area contributed by atoms with Gasteiger partial charge in [-0.05, 0) is 29.0 Å². The summed E-state index contributed by atoms with van der Waals surface area (Å²) in [6.07, 6.45) is 6.00. The summed E-state index contributed by atoms with van der Waals surface area (Å²) in [7, 11) is 0. The smallest absolute Gasteiger partial charge is 0.0148 e. The van der Waals surface area contributed by atoms with Crippen molar-refractivity contribution in [2.24, 2.45) is 5.41 Å². The van der Waals surface area contributed by atoms with Gasteiger partial charge in [0, 0.05) is 11.1 Å². The standard InChI is InChI=1S/C10H15NS/c1-5-8-6-9(10(2,3)4)12-11-7-8/h5-7,11H,1H2,2-4H3. The lowest BCUT2D eigenvalue weighted by molar-refractivity contribution is 0.532. The first-order chi connectivity index (χ1) is 5.54. The fourth-order valence-corrected chi connectivity index (χ4v) is 1.69. The molecule has 0 radical (unpaired) electrons. The molecule has 0 fully saturated rings. The molecule has 1 aliphatic rings. The predicted molar refractivity (Wildman–Crippen MR) is 56.5 cm³/mol. The van der Waals surface area contributed by atoms with Gasteiger partial charge < -0.3 is 4.72 Å². The fraction of sp³-hybridized carbons (Fsp3) is 0.400. The van der Waals surface area contributed by atoms with Gasteiger partial charge in [-0.3, -0.25) is 0 Å². The van der Waals surface area contributed by atoms with Crippen molar-refractivity contribution < 1.29 is 0 Å². The highest BCUT2D eigenvalue weighted by Crippen LogP contribution is 2.35. The summed E-state index contributed by atoms with van der Waals surface area (Å²) >= 11 is 1.68. The van der Waals surface area contributed by atoms with E-state index in [-0.39, 0.29) is 5.41 Å². The molecule has 0 spiro atoms. The van der Waals surface area contributed by atoms with Gasteiger partial charge in [-0.15, -0.1) is 0 Å². The molecule has 2 heteroatoms. The molecule has 0 unspecified atom stereocenters. The Bertz CT molecular complexity index is 243. The molecule has 1 nitrogen and oxygen atoms in total. The summed E-state index contributed by atoms with van der Waals surface area (Å²) in [5.74, 6) is 0. The van der Waals surface area contributed by atoms with Gasteiger partial charge in [0.2, 0.25) is 0 Å². The number of hydrogen-bond donors (Lipinski definition) is 1. The third-order valence-electron chi connectivity index (χ3n) is 1.67. The van der Waals surface area contributed by atoms with Gasteiger partial charge in [-0.2, -0.15) is 0 Å². The Morgan fingerprint density at radius 1 is 1.50 bits per heavy atom. The van der Waals surface area contributed by atoms with Gasteiger partial charge in [0.1, 0.15) is 0 Å². The second-order valence-electron chi connectivity index (χ2n) is 3.83. The van der Waals surface area contributed by atoms with E-state index in [4.69, 9.17) is 0 Å². The Kier molecular flexibility index (Phi) is 2.68. The van der Waals surface area contributed by atoms with Crippen LogP contribution in [0.5, 0.6) is 0 Å². The molecule has 0 saturated heterocycles. The average Bonchev–Trinajstić information content (AvgIpc) is 2.03. The topological polar surface area (TPSA) is 12.0 Å². The van der Waals surface area contributed by atoms with Crippen molar-refractivity contribution in [1.82, 2.24) is 4.72 Å². The van der Waals surface area contributed by atoms with Crippen LogP contribution in [0.2, 0.25) is 0 Å². The van der Waals surface area contributed by atoms with E-state index in [0.717, 1.165) is 5.57 Å². The Balaban J connectivity index is 2.87. The van der Waals surface area contributed by atoms with Crippen LogP contribution in [-0.2, 0) is 0 Å². The van der Waals surface area contributed by atoms with E-state index >= 15 is 0 Å². The zero-order chi connectivity index (χ0) is 9.19. The Hall–Kier alpha value is -0.630. The highest BCUT2D eigenvalue weighted by molar-refractivity contribution is 8.01. The first kappa shape index (κ1) is 9.46. The van der Waals surface area contributed by atoms with Crippen LogP contribution < -0.4 is 4.72 Å². The van der Waals surface area contributed by atoms with Crippen LogP contribution in [0.4, 0.5) is 0 Å². The first-order valence-corrected chi connectivity index (χ1v) is 4.83. The molecule has 0 amide bonds. The van der Waals surface area contributed by atoms with Crippen molar-refractivity contribution in [3.63, 3.8) is 0 Å². The molecule has 1 heterocycles. The van der Waals surface area contributed by atoms with Crippen LogP contribution in [0.25, 0.3) is 0 Å². The average molecular weight is 181 g/mol. The zero-order valence-electron chi connectivity index (χ0n) is 7.85. The molecule has 0 aromatic rings. The maximum absolute atomic E-state index is 3.74. The van der Waals surface area contributed by atoms with Crippen molar-refractivity contribution in [2.75, 3.05) is 0 Å². The van der Waals surface area contributed by atoms with Gasteiger partial charge in [0.05, 0.1) is 0 Å². The number of hydrogen-bond acceptors (Lipinski definition) is 2. The van der Waals surface area contributed by atoms with Gasteiger partial charge in [0.25, 0.3) is 0 Å². The SMILES string of the molecule is C=CC1=CNSC(C(C)(C)C)=C1. The van der Waals surface area contributed by atoms with Gasteiger partial charge in [-0.1, -0.05) is 33.4 Å². The van der Waals surface area contributed by atoms with E-state index in [9.17, 15) is 0 Å². The third-order valence-corrected chi connectivity index (χ3v) is 2.85. The summed E-state index contributed by atoms with van der Waals surface area (Å²) in [6.45, 7) is 10.4. The molecular weight excluding hydrogens is 166 g/mol. The van der Waals surface area contributed by atoms with E-state index in [0.29, 0.717) is 0 Å². The normalized spacial score (nSPS) is 17.6. The predicted octanol–water partition coefficient (Wildman–Crippen LogP) is 3.24. The molecule has 0 atom stereocenters. The van der Waals surface area contributed by atoms with E-state index < -0.39 is 0 Å². The van der Waals surface area contributed by atoms with Crippen LogP contribution in [-0.4, -0.2) is 0 Å². The lowest BCUT2D eigenvalue weighted by Gasteiger charge is -2.24. The van der Waals surface area contributed by atoms with Crippen LogP contribution in [0.3, 0.4) is 0 Å². The summed E-state index contributed by atoms with van der Waals surface area (Å²) in [4.78, 5) is 1.35. The van der Waals surface area contributed by atoms with Gasteiger partial charge in [0.15, 0.2) is 0 Å². The summed E-state index contributed by atoms with van der Waals surface area (Å²) < 4.78 is 3.16. The molecular formula is C10H15NS. The van der Waals surface area contributed by atoms with Crippen molar-refractivity contribution in [1.29, 1.82) is 0 Å². The molecule has 0 aromatic carbocycles. The Labute approximate surface area is 78.8 Å². The first-order valence-electron chi connectivity index (χ1n) is 4.01. The lowest BCUT2D eigenvalue weighted by atomic mass is 9.94. The van der Waals surface area contributed by atoms with Crippen molar-refractivity contribution in [2.45, 2.75) is 20.8 Å². The molecule has 66 valence electrons. The maximum atomic E-state index is 3.74. The zero-order valence-corrected chi connectivity index (χ0v) is 8.66. The molecule has 0 bridgehead atoms. The van der Waals surface area contributed by atoms with E-state index in [1.165, 1.54) is 4.91 Å². The second-order valence-corrected chi connectivity index (χ2v) is 4.71. The Morgan fingerprint density at radius 2 is 2.17 bits per heavy atom. The minimum absolute atomic E-state index is 0.222. The highest BCUT2D eigenvalue weighted by Gasteiger charge is 2.19. The minimum Gasteiger partial charge on any atom is -0.332 e. The van der Waals surface area contributed by atoms with Crippen LogP contribution in [0.15, 0.2) is 35.4 Å². The molecule has 0 aliphatic carbocycles. The molecule has 0 saturated carbocycles. The molecule has 12 heavy (non-hydrogen) atoms. The summed E-state index contributed by atoms with van der Waals surface area (Å²) in [6, 6.07) is 0. The van der Waals surface area contributed by atoms with Crippen LogP contribution >= 0.6 is 11.9 Å². The summed E-state index contributed by atoms with van der Waals surface area (Å²) in [5.41, 5.74) is 1.37. The van der Waals surface area contributed by atoms with Crippen LogP contribution in [0.1, 0.15) is 20.8 Å². The monoisotopic (exact) mass is 181 g/mol. The summed E-state index contributed by atoms with van der Waals surface area (Å²) in [5, 5.41) is 0. The number of allylic oxidation sites excluding steroid dienone is 4. The highest BCUT2D eigenvalue weighted by atomic mass is 32.2. The van der Waals surface area contributed by atoms with Crippen molar-refractivity contribution in [3.8, 4) is 0 Å². The maximum Gasteiger partial charge on any atom is 0.0148 e. The largest absolute Gasteiger partial charge is 0.332 e. The van der Waals surface area contributed by atoms with Gasteiger partial charge in [-0.25, -0.2) is 0 Å². The third kappa shape index (κ3) is 2.18. The number of rotatable bonds is 1. The molecule has 0 aromatic heterocycles. The minimum atomic E-state index is 0.222. The van der Waals surface area contributed by atoms with Gasteiger partial charge >= 0.3 is 0 Å². The van der Waals surface area contributed by atoms with E-state index in [2.05, 4.69) is 38.1 Å².